The van der Waals surface area contributed by atoms with Crippen LogP contribution in [-0.4, -0.2) is 49.1 Å². The predicted molar refractivity (Wildman–Crippen MR) is 151 cm³/mol. The Kier molecular flexibility index (Phi) is 12.7. The minimum Gasteiger partial charge on any atom is -0.500 e. The summed E-state index contributed by atoms with van der Waals surface area (Å²) in [4.78, 5) is 19.2. The molecule has 1 unspecified atom stereocenters. The fourth-order valence-electron chi connectivity index (χ4n) is 4.26. The van der Waals surface area contributed by atoms with E-state index in [0.717, 1.165) is 37.3 Å². The molecule has 0 aliphatic carbocycles. The first-order chi connectivity index (χ1) is 18.5. The van der Waals surface area contributed by atoms with Crippen molar-refractivity contribution < 1.29 is 14.3 Å². The number of nitrogens with two attached hydrogens (primary N) is 1. The molecule has 1 aromatic heterocycles. The van der Waals surface area contributed by atoms with Gasteiger partial charge in [-0.1, -0.05) is 50.1 Å². The molecule has 2 aromatic rings. The van der Waals surface area contributed by atoms with E-state index in [0.29, 0.717) is 19.6 Å². The second-order valence-electron chi connectivity index (χ2n) is 8.69. The van der Waals surface area contributed by atoms with Gasteiger partial charge >= 0.3 is 0 Å². The molecule has 1 aliphatic heterocycles. The summed E-state index contributed by atoms with van der Waals surface area (Å²) in [5.74, 6) is 4.08. The van der Waals surface area contributed by atoms with Gasteiger partial charge < -0.3 is 20.5 Å². The molecular formula is C30H39N5O3. The highest BCUT2D eigenvalue weighted by Gasteiger charge is 2.23. The van der Waals surface area contributed by atoms with E-state index in [1.54, 1.807) is 14.0 Å². The van der Waals surface area contributed by atoms with Gasteiger partial charge in [0.2, 0.25) is 11.8 Å². The number of nitrogens with one attached hydrogen (secondary N) is 1. The first-order valence-electron chi connectivity index (χ1n) is 13.1. The van der Waals surface area contributed by atoms with E-state index in [-0.39, 0.29) is 40.7 Å². The molecule has 1 atom stereocenters. The van der Waals surface area contributed by atoms with Crippen molar-refractivity contribution in [2.45, 2.75) is 46.0 Å². The Bertz CT molecular complexity index is 1140. The average molecular weight is 518 g/mol. The third-order valence-corrected chi connectivity index (χ3v) is 6.19. The molecule has 1 amide bonds. The topological polar surface area (TPSA) is 114 Å². The summed E-state index contributed by atoms with van der Waals surface area (Å²) in [6.07, 6.45) is 9.96. The average Bonchev–Trinajstić information content (AvgIpc) is 2.93. The molecule has 0 bridgehead atoms. The highest BCUT2D eigenvalue weighted by Crippen LogP contribution is 2.27. The van der Waals surface area contributed by atoms with E-state index in [1.165, 1.54) is 6.07 Å². The molecule has 202 valence electrons. The SMILES string of the molecule is C#CC(/C=C(/CN1CCC(CC(=O)Nc2cc(N)c(C#N)c(OCC)n2)CC1)OC)c1ccccc1.CC. The van der Waals surface area contributed by atoms with Crippen molar-refractivity contribution in [2.24, 2.45) is 5.92 Å². The number of benzene rings is 1. The van der Waals surface area contributed by atoms with Gasteiger partial charge in [0, 0.05) is 12.5 Å². The highest BCUT2D eigenvalue weighted by atomic mass is 16.5. The number of ether oxygens (including phenoxy) is 2. The van der Waals surface area contributed by atoms with Gasteiger partial charge in [-0.05, 0) is 50.4 Å². The third-order valence-electron chi connectivity index (χ3n) is 6.19. The predicted octanol–water partition coefficient (Wildman–Crippen LogP) is 4.95. The maximum atomic E-state index is 12.7. The number of likely N-dealkylation sites (tertiary alicyclic amines) is 1. The largest absolute Gasteiger partial charge is 0.500 e. The fraction of sp³-hybridized carbons (Fsp3) is 0.433. The Morgan fingerprint density at radius 2 is 2.00 bits per heavy atom. The van der Waals surface area contributed by atoms with Crippen LogP contribution >= 0.6 is 0 Å². The summed E-state index contributed by atoms with van der Waals surface area (Å²) >= 11 is 0. The monoisotopic (exact) mass is 517 g/mol. The molecule has 1 saturated heterocycles. The summed E-state index contributed by atoms with van der Waals surface area (Å²) in [5.41, 5.74) is 7.39. The van der Waals surface area contributed by atoms with E-state index in [1.807, 2.05) is 56.3 Å². The van der Waals surface area contributed by atoms with Gasteiger partial charge in [0.15, 0.2) is 0 Å². The van der Waals surface area contributed by atoms with Gasteiger partial charge in [-0.2, -0.15) is 10.2 Å². The number of pyridine rings is 1. The lowest BCUT2D eigenvalue weighted by molar-refractivity contribution is -0.117. The summed E-state index contributed by atoms with van der Waals surface area (Å²) in [7, 11) is 1.67. The lowest BCUT2D eigenvalue weighted by Gasteiger charge is -2.32. The summed E-state index contributed by atoms with van der Waals surface area (Å²) in [6.45, 7) is 8.53. The lowest BCUT2D eigenvalue weighted by atomic mass is 9.93. The van der Waals surface area contributed by atoms with Gasteiger partial charge in [-0.25, -0.2) is 0 Å². The van der Waals surface area contributed by atoms with Crippen molar-refractivity contribution in [1.82, 2.24) is 9.88 Å². The van der Waals surface area contributed by atoms with Gasteiger partial charge in [0.05, 0.1) is 31.9 Å². The Labute approximate surface area is 226 Å². The van der Waals surface area contributed by atoms with Gasteiger partial charge in [-0.3, -0.25) is 9.69 Å². The number of rotatable bonds is 10. The van der Waals surface area contributed by atoms with Crippen LogP contribution in [0, 0.1) is 29.6 Å². The zero-order chi connectivity index (χ0) is 27.9. The van der Waals surface area contributed by atoms with Crippen LogP contribution in [0.25, 0.3) is 0 Å². The third kappa shape index (κ3) is 8.83. The maximum absolute atomic E-state index is 12.7. The van der Waals surface area contributed by atoms with Crippen molar-refractivity contribution >= 4 is 17.4 Å². The number of terminal acetylenes is 1. The Balaban J connectivity index is 0.00000247. The zero-order valence-electron chi connectivity index (χ0n) is 22.9. The highest BCUT2D eigenvalue weighted by molar-refractivity contribution is 5.90. The van der Waals surface area contributed by atoms with Crippen molar-refractivity contribution in [2.75, 3.05) is 44.4 Å². The van der Waals surface area contributed by atoms with Crippen molar-refractivity contribution in [3.05, 3.63) is 59.4 Å². The first kappa shape index (κ1) is 30.2. The fourth-order valence-corrected chi connectivity index (χ4v) is 4.26. The summed E-state index contributed by atoms with van der Waals surface area (Å²) in [5, 5.41) is 12.0. The minimum absolute atomic E-state index is 0.130. The molecule has 3 rings (SSSR count). The van der Waals surface area contributed by atoms with Gasteiger partial charge in [-0.15, -0.1) is 6.42 Å². The van der Waals surface area contributed by atoms with Gasteiger partial charge in [0.1, 0.15) is 23.2 Å². The Morgan fingerprint density at radius 1 is 1.32 bits per heavy atom. The molecule has 8 heteroatoms. The molecule has 38 heavy (non-hydrogen) atoms. The second-order valence-corrected chi connectivity index (χ2v) is 8.69. The number of hydrogen-bond donors (Lipinski definition) is 2. The Hall–Kier alpha value is -4.01. The Morgan fingerprint density at radius 3 is 2.58 bits per heavy atom. The summed E-state index contributed by atoms with van der Waals surface area (Å²) < 4.78 is 11.0. The number of nitrogen functional groups attached to an aromatic ring is 1. The number of amides is 1. The lowest BCUT2D eigenvalue weighted by Crippen LogP contribution is -2.36. The molecule has 1 aliphatic rings. The number of allylic oxidation sites excluding steroid dienone is 1. The van der Waals surface area contributed by atoms with Crippen LogP contribution in [0.15, 0.2) is 48.2 Å². The zero-order valence-corrected chi connectivity index (χ0v) is 22.9. The number of methoxy groups -OCH3 is 1. The number of nitrogens with zero attached hydrogens (tertiary/aromatic N) is 3. The molecule has 1 aromatic carbocycles. The molecule has 8 nitrogen and oxygen atoms in total. The number of nitriles is 1. The molecule has 1 fully saturated rings. The van der Waals surface area contributed by atoms with Crippen LogP contribution in [0.3, 0.4) is 0 Å². The number of carbonyl (C=O) groups is 1. The van der Waals surface area contributed by atoms with E-state index < -0.39 is 0 Å². The molecular weight excluding hydrogens is 478 g/mol. The number of aromatic nitrogens is 1. The van der Waals surface area contributed by atoms with Crippen LogP contribution in [0.1, 0.15) is 57.1 Å². The molecule has 3 N–H and O–H groups in total. The van der Waals surface area contributed by atoms with Crippen LogP contribution in [0.5, 0.6) is 5.88 Å². The number of anilines is 2. The van der Waals surface area contributed by atoms with Crippen molar-refractivity contribution in [1.29, 1.82) is 5.26 Å². The van der Waals surface area contributed by atoms with Crippen LogP contribution in [0.2, 0.25) is 0 Å². The van der Waals surface area contributed by atoms with Crippen LogP contribution in [0.4, 0.5) is 11.5 Å². The van der Waals surface area contributed by atoms with E-state index in [4.69, 9.17) is 21.6 Å². The number of piperidine rings is 1. The normalized spacial score (nSPS) is 14.7. The summed E-state index contributed by atoms with van der Waals surface area (Å²) in [6, 6.07) is 13.4. The van der Waals surface area contributed by atoms with Crippen LogP contribution in [-0.2, 0) is 9.53 Å². The molecule has 0 radical (unpaired) electrons. The van der Waals surface area contributed by atoms with Crippen molar-refractivity contribution in [3.63, 3.8) is 0 Å². The smallest absolute Gasteiger partial charge is 0.235 e. The van der Waals surface area contributed by atoms with E-state index in [2.05, 4.69) is 21.1 Å². The number of carbonyl (C=O) groups excluding carboxylic acids is 1. The van der Waals surface area contributed by atoms with Crippen LogP contribution < -0.4 is 15.8 Å². The van der Waals surface area contributed by atoms with Crippen molar-refractivity contribution in [3.8, 4) is 24.3 Å². The maximum Gasteiger partial charge on any atom is 0.235 e. The van der Waals surface area contributed by atoms with E-state index in [9.17, 15) is 10.1 Å². The minimum atomic E-state index is -0.143. The number of hydrogen-bond acceptors (Lipinski definition) is 7. The quantitative estimate of drug-likeness (QED) is 0.339. The molecule has 0 saturated carbocycles. The first-order valence-corrected chi connectivity index (χ1v) is 13.1. The molecule has 2 heterocycles. The van der Waals surface area contributed by atoms with E-state index >= 15 is 0 Å². The van der Waals surface area contributed by atoms with Gasteiger partial charge in [0.25, 0.3) is 0 Å². The standard InChI is InChI=1S/C28H33N5O3.C2H6/c1-4-21(22-9-7-6-8-10-22)16-23(35-3)19-33-13-11-20(12-14-33)15-27(34)31-26-17-25(30)24(18-29)28(32-26)36-5-2;1-2/h1,6-10,16-17,20-21H,5,11-15,19H2,2-3H3,(H3,30,31,32,34);1-2H3/b23-16-;. The molecule has 0 spiro atoms. The second kappa shape index (κ2) is 16.0.